The van der Waals surface area contributed by atoms with Crippen LogP contribution in [0.4, 0.5) is 4.39 Å². The lowest BCUT2D eigenvalue weighted by molar-refractivity contribution is -0.120. The van der Waals surface area contributed by atoms with E-state index in [1.165, 1.54) is 38.1 Å². The van der Waals surface area contributed by atoms with E-state index in [-0.39, 0.29) is 11.7 Å². The van der Waals surface area contributed by atoms with Gasteiger partial charge < -0.3 is 10.2 Å². The molecule has 110 valence electrons. The summed E-state index contributed by atoms with van der Waals surface area (Å²) < 4.78 is 12.7. The number of halogens is 1. The molecule has 0 spiro atoms. The molecule has 1 aromatic carbocycles. The largest absolute Gasteiger partial charge is 0.356 e. The summed E-state index contributed by atoms with van der Waals surface area (Å²) in [5, 5.41) is 2.92. The van der Waals surface area contributed by atoms with Gasteiger partial charge in [0.15, 0.2) is 0 Å². The highest BCUT2D eigenvalue weighted by atomic mass is 19.1. The molecular weight excluding hydrogens is 255 g/mol. The summed E-state index contributed by atoms with van der Waals surface area (Å²) in [7, 11) is 0. The van der Waals surface area contributed by atoms with Gasteiger partial charge in [-0.15, -0.1) is 0 Å². The molecule has 1 heterocycles. The van der Waals surface area contributed by atoms with Crippen molar-refractivity contribution in [1.29, 1.82) is 0 Å². The van der Waals surface area contributed by atoms with Crippen LogP contribution in [0.5, 0.6) is 0 Å². The molecule has 1 amide bonds. The third-order valence-corrected chi connectivity index (χ3v) is 3.70. The van der Waals surface area contributed by atoms with Crippen LogP contribution in [0.3, 0.4) is 0 Å². The van der Waals surface area contributed by atoms with Crippen LogP contribution in [0.2, 0.25) is 0 Å². The van der Waals surface area contributed by atoms with Gasteiger partial charge in [-0.3, -0.25) is 4.79 Å². The fourth-order valence-electron chi connectivity index (χ4n) is 2.54. The minimum Gasteiger partial charge on any atom is -0.356 e. The maximum Gasteiger partial charge on any atom is 0.224 e. The molecule has 0 bridgehead atoms. The average molecular weight is 278 g/mol. The maximum atomic E-state index is 12.7. The fraction of sp³-hybridized carbons (Fsp3) is 0.562. The number of likely N-dealkylation sites (tertiary alicyclic amines) is 1. The third-order valence-electron chi connectivity index (χ3n) is 3.70. The lowest BCUT2D eigenvalue weighted by atomic mass is 10.1. The van der Waals surface area contributed by atoms with Gasteiger partial charge in [-0.05, 0) is 63.0 Å². The Kier molecular flexibility index (Phi) is 5.99. The first-order valence-corrected chi connectivity index (χ1v) is 7.47. The number of carbonyl (C=O) groups is 1. The number of unbranched alkanes of at least 4 members (excludes halogenated alkanes) is 1. The second-order valence-corrected chi connectivity index (χ2v) is 5.41. The average Bonchev–Trinajstić information content (AvgIpc) is 2.94. The van der Waals surface area contributed by atoms with Crippen LogP contribution in [0, 0.1) is 5.82 Å². The van der Waals surface area contributed by atoms with Crippen molar-refractivity contribution >= 4 is 5.91 Å². The summed E-state index contributed by atoms with van der Waals surface area (Å²) in [6, 6.07) is 6.09. The molecule has 1 fully saturated rings. The Hall–Kier alpha value is -1.42. The minimum absolute atomic E-state index is 0.0118. The summed E-state index contributed by atoms with van der Waals surface area (Å²) in [5.41, 5.74) is 0.848. The van der Waals surface area contributed by atoms with Crippen LogP contribution in [-0.2, 0) is 11.2 Å². The first-order chi connectivity index (χ1) is 9.74. The van der Waals surface area contributed by atoms with Crippen LogP contribution >= 0.6 is 0 Å². The predicted molar refractivity (Wildman–Crippen MR) is 78.0 cm³/mol. The molecule has 0 radical (unpaired) electrons. The molecule has 1 aliphatic heterocycles. The number of carbonyl (C=O) groups excluding carboxylic acids is 1. The Balaban J connectivity index is 1.54. The normalized spacial score (nSPS) is 15.4. The number of amides is 1. The molecule has 1 aromatic rings. The lowest BCUT2D eigenvalue weighted by Gasteiger charge is -2.14. The Morgan fingerprint density at radius 2 is 1.85 bits per heavy atom. The molecule has 0 unspecified atom stereocenters. The van der Waals surface area contributed by atoms with Crippen LogP contribution in [0.1, 0.15) is 31.2 Å². The zero-order valence-electron chi connectivity index (χ0n) is 11.9. The molecule has 0 saturated carbocycles. The SMILES string of the molecule is O=C(Cc1ccc(F)cc1)NCCCCN1CCCC1. The van der Waals surface area contributed by atoms with Crippen molar-refractivity contribution in [2.75, 3.05) is 26.2 Å². The highest BCUT2D eigenvalue weighted by Crippen LogP contribution is 2.08. The molecule has 1 N–H and O–H groups in total. The summed E-state index contributed by atoms with van der Waals surface area (Å²) in [6.07, 6.45) is 5.14. The van der Waals surface area contributed by atoms with Crippen molar-refractivity contribution in [1.82, 2.24) is 10.2 Å². The lowest BCUT2D eigenvalue weighted by Crippen LogP contribution is -2.27. The standard InChI is InChI=1S/C16H23FN2O/c17-15-7-5-14(6-8-15)13-16(20)18-9-1-2-10-19-11-3-4-12-19/h5-8H,1-4,9-13H2,(H,18,20). The van der Waals surface area contributed by atoms with Crippen molar-refractivity contribution < 1.29 is 9.18 Å². The van der Waals surface area contributed by atoms with Crippen molar-refractivity contribution in [2.45, 2.75) is 32.1 Å². The number of nitrogens with one attached hydrogen (secondary N) is 1. The number of rotatable bonds is 7. The van der Waals surface area contributed by atoms with Crippen molar-refractivity contribution in [3.63, 3.8) is 0 Å². The minimum atomic E-state index is -0.268. The number of hydrogen-bond acceptors (Lipinski definition) is 2. The van der Waals surface area contributed by atoms with Gasteiger partial charge in [0.1, 0.15) is 5.82 Å². The molecular formula is C16H23FN2O. The molecule has 0 aliphatic carbocycles. The van der Waals surface area contributed by atoms with Gasteiger partial charge in [0, 0.05) is 6.54 Å². The van der Waals surface area contributed by atoms with Gasteiger partial charge in [0.05, 0.1) is 6.42 Å². The van der Waals surface area contributed by atoms with Crippen molar-refractivity contribution in [3.05, 3.63) is 35.6 Å². The van der Waals surface area contributed by atoms with Crippen molar-refractivity contribution in [3.8, 4) is 0 Å². The first-order valence-electron chi connectivity index (χ1n) is 7.47. The van der Waals surface area contributed by atoms with Crippen LogP contribution < -0.4 is 5.32 Å². The van der Waals surface area contributed by atoms with Gasteiger partial charge in [0.25, 0.3) is 0 Å². The van der Waals surface area contributed by atoms with Gasteiger partial charge >= 0.3 is 0 Å². The summed E-state index contributed by atoms with van der Waals surface area (Å²) in [6.45, 7) is 4.34. The highest BCUT2D eigenvalue weighted by Gasteiger charge is 2.10. The molecule has 1 aliphatic rings. The number of nitrogens with zero attached hydrogens (tertiary/aromatic N) is 1. The monoisotopic (exact) mass is 278 g/mol. The maximum absolute atomic E-state index is 12.7. The van der Waals surface area contributed by atoms with E-state index < -0.39 is 0 Å². The summed E-state index contributed by atoms with van der Waals surface area (Å²) in [5.74, 6) is -0.256. The van der Waals surface area contributed by atoms with Gasteiger partial charge in [-0.2, -0.15) is 0 Å². The second kappa shape index (κ2) is 8.00. The predicted octanol–water partition coefficient (Wildman–Crippen LogP) is 2.36. The molecule has 4 heteroatoms. The smallest absolute Gasteiger partial charge is 0.224 e. The Bertz CT molecular complexity index is 413. The molecule has 20 heavy (non-hydrogen) atoms. The van der Waals surface area contributed by atoms with Crippen molar-refractivity contribution in [2.24, 2.45) is 0 Å². The molecule has 0 atom stereocenters. The Morgan fingerprint density at radius 1 is 1.15 bits per heavy atom. The molecule has 1 saturated heterocycles. The Labute approximate surface area is 120 Å². The van der Waals surface area contributed by atoms with E-state index in [0.717, 1.165) is 31.5 Å². The number of hydrogen-bond donors (Lipinski definition) is 1. The van der Waals surface area contributed by atoms with Crippen LogP contribution in [-0.4, -0.2) is 37.0 Å². The van der Waals surface area contributed by atoms with E-state index in [1.54, 1.807) is 12.1 Å². The highest BCUT2D eigenvalue weighted by molar-refractivity contribution is 5.78. The van der Waals surface area contributed by atoms with E-state index in [1.807, 2.05) is 0 Å². The second-order valence-electron chi connectivity index (χ2n) is 5.41. The van der Waals surface area contributed by atoms with Crippen LogP contribution in [0.15, 0.2) is 24.3 Å². The summed E-state index contributed by atoms with van der Waals surface area (Å²) >= 11 is 0. The van der Waals surface area contributed by atoms with Gasteiger partial charge in [-0.25, -0.2) is 4.39 Å². The van der Waals surface area contributed by atoms with E-state index in [0.29, 0.717) is 6.42 Å². The van der Waals surface area contributed by atoms with Gasteiger partial charge in [0.2, 0.25) is 5.91 Å². The molecule has 0 aromatic heterocycles. The van der Waals surface area contributed by atoms with E-state index in [9.17, 15) is 9.18 Å². The topological polar surface area (TPSA) is 32.3 Å². The summed E-state index contributed by atoms with van der Waals surface area (Å²) in [4.78, 5) is 14.2. The zero-order chi connectivity index (χ0) is 14.2. The Morgan fingerprint density at radius 3 is 2.55 bits per heavy atom. The van der Waals surface area contributed by atoms with E-state index >= 15 is 0 Å². The molecule has 2 rings (SSSR count). The van der Waals surface area contributed by atoms with E-state index in [2.05, 4.69) is 10.2 Å². The van der Waals surface area contributed by atoms with E-state index in [4.69, 9.17) is 0 Å². The van der Waals surface area contributed by atoms with Crippen LogP contribution in [0.25, 0.3) is 0 Å². The van der Waals surface area contributed by atoms with Gasteiger partial charge in [-0.1, -0.05) is 12.1 Å². The fourth-order valence-corrected chi connectivity index (χ4v) is 2.54. The zero-order valence-corrected chi connectivity index (χ0v) is 11.9. The quantitative estimate of drug-likeness (QED) is 0.777. The number of benzene rings is 1. The third kappa shape index (κ3) is 5.29. The molecule has 3 nitrogen and oxygen atoms in total. The first kappa shape index (κ1) is 15.0.